The molecule has 0 amide bonds. The topological polar surface area (TPSA) is 45.7 Å². The van der Waals surface area contributed by atoms with E-state index in [1.165, 1.54) is 0 Å². The zero-order chi connectivity index (χ0) is 14.4. The molecule has 4 nitrogen and oxygen atoms in total. The van der Waals surface area contributed by atoms with Gasteiger partial charge in [-0.1, -0.05) is 29.8 Å². The van der Waals surface area contributed by atoms with Gasteiger partial charge in [0.2, 0.25) is 0 Å². The van der Waals surface area contributed by atoms with Crippen molar-refractivity contribution in [3.05, 3.63) is 40.9 Å². The Kier molecular flexibility index (Phi) is 7.88. The van der Waals surface area contributed by atoms with Crippen LogP contribution in [0.1, 0.15) is 18.4 Å². The minimum Gasteiger partial charge on any atom is -0.496 e. The number of hydrogen-bond acceptors (Lipinski definition) is 2. The van der Waals surface area contributed by atoms with Gasteiger partial charge < -0.3 is 15.4 Å². The molecule has 2 N–H and O–H groups in total. The molecule has 0 fully saturated rings. The molecule has 0 spiro atoms. The van der Waals surface area contributed by atoms with E-state index in [1.807, 2.05) is 18.2 Å². The number of guanidine groups is 1. The molecule has 0 radical (unpaired) electrons. The second kappa shape index (κ2) is 9.15. The summed E-state index contributed by atoms with van der Waals surface area (Å²) in [6, 6.07) is 6.07. The fourth-order valence-corrected chi connectivity index (χ4v) is 2.33. The lowest BCUT2D eigenvalue weighted by Crippen LogP contribution is -2.42. The summed E-state index contributed by atoms with van der Waals surface area (Å²) in [7, 11) is 3.42. The maximum absolute atomic E-state index is 5.96. The first-order valence-electron chi connectivity index (χ1n) is 6.67. The van der Waals surface area contributed by atoms with Crippen molar-refractivity contribution in [2.75, 3.05) is 14.2 Å². The highest BCUT2D eigenvalue weighted by Gasteiger charge is 2.12. The first kappa shape index (κ1) is 18.1. The molecule has 0 aliphatic heterocycles. The van der Waals surface area contributed by atoms with E-state index in [9.17, 15) is 0 Å². The minimum atomic E-state index is 0. The van der Waals surface area contributed by atoms with Gasteiger partial charge in [0.15, 0.2) is 5.96 Å². The Balaban J connectivity index is 0.00000220. The van der Waals surface area contributed by atoms with E-state index >= 15 is 0 Å². The lowest BCUT2D eigenvalue weighted by atomic mass is 10.2. The maximum atomic E-state index is 5.96. The van der Waals surface area contributed by atoms with Crippen LogP contribution >= 0.6 is 35.6 Å². The van der Waals surface area contributed by atoms with E-state index < -0.39 is 0 Å². The van der Waals surface area contributed by atoms with Crippen molar-refractivity contribution in [2.45, 2.75) is 25.4 Å². The lowest BCUT2D eigenvalue weighted by molar-refractivity contribution is 0.409. The molecular weight excluding hydrogens is 401 g/mol. The molecule has 0 atom stereocenters. The molecule has 1 aliphatic rings. The summed E-state index contributed by atoms with van der Waals surface area (Å²) < 4.78 is 5.33. The van der Waals surface area contributed by atoms with Crippen molar-refractivity contribution in [1.82, 2.24) is 10.6 Å². The van der Waals surface area contributed by atoms with E-state index in [2.05, 4.69) is 27.8 Å². The third kappa shape index (κ3) is 5.39. The largest absolute Gasteiger partial charge is 0.496 e. The van der Waals surface area contributed by atoms with Crippen molar-refractivity contribution in [3.8, 4) is 5.75 Å². The number of rotatable bonds is 4. The Labute approximate surface area is 148 Å². The summed E-state index contributed by atoms with van der Waals surface area (Å²) in [5.74, 6) is 1.58. The van der Waals surface area contributed by atoms with Gasteiger partial charge in [-0.15, -0.1) is 24.0 Å². The summed E-state index contributed by atoms with van der Waals surface area (Å²) in [6.07, 6.45) is 6.47. The van der Waals surface area contributed by atoms with Gasteiger partial charge in [0.25, 0.3) is 0 Å². The van der Waals surface area contributed by atoms with Gasteiger partial charge in [0.1, 0.15) is 5.75 Å². The molecule has 6 heteroatoms. The van der Waals surface area contributed by atoms with Gasteiger partial charge >= 0.3 is 0 Å². The van der Waals surface area contributed by atoms with E-state index in [-0.39, 0.29) is 24.0 Å². The smallest absolute Gasteiger partial charge is 0.191 e. The van der Waals surface area contributed by atoms with Crippen molar-refractivity contribution >= 4 is 41.5 Å². The van der Waals surface area contributed by atoms with Crippen LogP contribution in [0.4, 0.5) is 0 Å². The molecule has 1 aromatic carbocycles. The molecular formula is C15H21ClIN3O. The summed E-state index contributed by atoms with van der Waals surface area (Å²) in [5, 5.41) is 7.36. The SMILES string of the molecule is CN=C(NCc1ccc(Cl)cc1OC)NC1CC=CC1.I. The van der Waals surface area contributed by atoms with Crippen molar-refractivity contribution in [3.63, 3.8) is 0 Å². The summed E-state index contributed by atoms with van der Waals surface area (Å²) in [5.41, 5.74) is 1.05. The van der Waals surface area contributed by atoms with Crippen LogP contribution in [0.15, 0.2) is 35.3 Å². The van der Waals surface area contributed by atoms with Crippen LogP contribution in [-0.4, -0.2) is 26.2 Å². The normalized spacial score (nSPS) is 14.7. The van der Waals surface area contributed by atoms with Crippen LogP contribution < -0.4 is 15.4 Å². The summed E-state index contributed by atoms with van der Waals surface area (Å²) in [4.78, 5) is 4.24. The average molecular weight is 422 g/mol. The van der Waals surface area contributed by atoms with E-state index in [1.54, 1.807) is 14.2 Å². The third-order valence-electron chi connectivity index (χ3n) is 3.27. The minimum absolute atomic E-state index is 0. The van der Waals surface area contributed by atoms with Gasteiger partial charge in [0, 0.05) is 30.2 Å². The molecule has 0 heterocycles. The number of benzene rings is 1. The highest BCUT2D eigenvalue weighted by atomic mass is 127. The van der Waals surface area contributed by atoms with Gasteiger partial charge in [-0.2, -0.15) is 0 Å². The number of halogens is 2. The van der Waals surface area contributed by atoms with E-state index in [4.69, 9.17) is 16.3 Å². The predicted molar refractivity (Wildman–Crippen MR) is 98.9 cm³/mol. The summed E-state index contributed by atoms with van der Waals surface area (Å²) >= 11 is 5.96. The molecule has 0 unspecified atom stereocenters. The van der Waals surface area contributed by atoms with Crippen molar-refractivity contribution in [2.24, 2.45) is 4.99 Å². The first-order chi connectivity index (χ1) is 9.72. The zero-order valence-electron chi connectivity index (χ0n) is 12.2. The molecule has 0 saturated carbocycles. The van der Waals surface area contributed by atoms with E-state index in [0.717, 1.165) is 30.1 Å². The number of hydrogen-bond donors (Lipinski definition) is 2. The summed E-state index contributed by atoms with van der Waals surface area (Å²) in [6.45, 7) is 0.639. The third-order valence-corrected chi connectivity index (χ3v) is 3.50. The van der Waals surface area contributed by atoms with Crippen molar-refractivity contribution in [1.29, 1.82) is 0 Å². The van der Waals surface area contributed by atoms with Crippen molar-refractivity contribution < 1.29 is 4.74 Å². The maximum Gasteiger partial charge on any atom is 0.191 e. The van der Waals surface area contributed by atoms with Crippen LogP contribution in [0.3, 0.4) is 0 Å². The second-order valence-corrected chi connectivity index (χ2v) is 5.10. The average Bonchev–Trinajstić information content (AvgIpc) is 2.97. The molecule has 0 bridgehead atoms. The van der Waals surface area contributed by atoms with Gasteiger partial charge in [-0.05, 0) is 25.0 Å². The highest BCUT2D eigenvalue weighted by Crippen LogP contribution is 2.22. The van der Waals surface area contributed by atoms with E-state index in [0.29, 0.717) is 17.6 Å². The predicted octanol–water partition coefficient (Wildman–Crippen LogP) is 3.35. The lowest BCUT2D eigenvalue weighted by Gasteiger charge is -2.17. The Morgan fingerprint density at radius 3 is 2.71 bits per heavy atom. The Morgan fingerprint density at radius 2 is 2.10 bits per heavy atom. The molecule has 2 rings (SSSR count). The molecule has 21 heavy (non-hydrogen) atoms. The second-order valence-electron chi connectivity index (χ2n) is 4.67. The zero-order valence-corrected chi connectivity index (χ0v) is 15.3. The fourth-order valence-electron chi connectivity index (χ4n) is 2.17. The Bertz CT molecular complexity index is 512. The first-order valence-corrected chi connectivity index (χ1v) is 7.05. The molecule has 0 aromatic heterocycles. The number of nitrogens with zero attached hydrogens (tertiary/aromatic N) is 1. The molecule has 116 valence electrons. The molecule has 1 aliphatic carbocycles. The van der Waals surface area contributed by atoms with Crippen LogP contribution in [0, 0.1) is 0 Å². The van der Waals surface area contributed by atoms with Crippen LogP contribution in [0.5, 0.6) is 5.75 Å². The molecule has 0 saturated heterocycles. The Morgan fingerprint density at radius 1 is 1.38 bits per heavy atom. The quantitative estimate of drug-likeness (QED) is 0.339. The standard InChI is InChI=1S/C15H20ClN3O.HI/c1-17-15(19-13-5-3-4-6-13)18-10-11-7-8-12(16)9-14(11)20-2;/h3-4,7-9,13H,5-6,10H2,1-2H3,(H2,17,18,19);1H. The van der Waals surface area contributed by atoms with Crippen LogP contribution in [0.25, 0.3) is 0 Å². The number of methoxy groups -OCH3 is 1. The number of aliphatic imine (C=N–C) groups is 1. The fraction of sp³-hybridized carbons (Fsp3) is 0.400. The van der Waals surface area contributed by atoms with Crippen LogP contribution in [-0.2, 0) is 6.54 Å². The number of ether oxygens (including phenoxy) is 1. The highest BCUT2D eigenvalue weighted by molar-refractivity contribution is 14.0. The van der Waals surface area contributed by atoms with Crippen LogP contribution in [0.2, 0.25) is 5.02 Å². The van der Waals surface area contributed by atoms with Gasteiger partial charge in [-0.25, -0.2) is 0 Å². The van der Waals surface area contributed by atoms with Gasteiger partial charge in [-0.3, -0.25) is 4.99 Å². The molecule has 1 aromatic rings. The monoisotopic (exact) mass is 421 g/mol. The van der Waals surface area contributed by atoms with Gasteiger partial charge in [0.05, 0.1) is 7.11 Å². The Hall–Kier alpha value is -0.950. The number of nitrogens with one attached hydrogen (secondary N) is 2.